The molecule has 2 aromatic carbocycles. The molecule has 2 N–H and O–H groups in total. The number of anilines is 1. The smallest absolute Gasteiger partial charge is 0.128 e. The third-order valence-corrected chi connectivity index (χ3v) is 5.67. The lowest BCUT2D eigenvalue weighted by Crippen LogP contribution is -2.56. The Morgan fingerprint density at radius 2 is 2.00 bits per heavy atom. The van der Waals surface area contributed by atoms with E-state index in [-0.39, 0.29) is 5.54 Å². The number of hydrogen-bond acceptors (Lipinski definition) is 4. The van der Waals surface area contributed by atoms with Gasteiger partial charge in [-0.2, -0.15) is 0 Å². The fraction of sp³-hybridized carbons (Fsp3) is 0.381. The maximum atomic E-state index is 6.12. The van der Waals surface area contributed by atoms with Crippen LogP contribution in [0.2, 0.25) is 5.02 Å². The maximum Gasteiger partial charge on any atom is 0.128 e. The monoisotopic (exact) mass is 369 g/mol. The Bertz CT molecular complexity index is 812. The van der Waals surface area contributed by atoms with Crippen LogP contribution in [0.25, 0.3) is 0 Å². The van der Waals surface area contributed by atoms with Gasteiger partial charge in [0.25, 0.3) is 0 Å². The quantitative estimate of drug-likeness (QED) is 0.807. The highest BCUT2D eigenvalue weighted by molar-refractivity contribution is 6.30. The second-order valence-corrected chi connectivity index (χ2v) is 7.54. The summed E-state index contributed by atoms with van der Waals surface area (Å²) in [5.41, 5.74) is 3.10. The molecular weight excluding hydrogens is 346 g/mol. The molecule has 2 aliphatic rings. The standard InChI is InChI=1S/C21H24ClN3O/c1-26-17-9-11-21(12-10-17)20(23-14-15-5-4-6-16(22)13-15)24-18-7-2-3-8-19(18)25-21/h2-8,13,17,25H,9-12,14H2,1H3,(H,23,24). The second kappa shape index (κ2) is 7.29. The lowest BCUT2D eigenvalue weighted by Gasteiger charge is -2.44. The number of nitrogens with one attached hydrogen (secondary N) is 2. The Hall–Kier alpha value is -2.04. The molecule has 4 rings (SSSR count). The highest BCUT2D eigenvalue weighted by Gasteiger charge is 2.42. The number of amidine groups is 1. The zero-order valence-electron chi connectivity index (χ0n) is 15.0. The molecule has 0 bridgehead atoms. The van der Waals surface area contributed by atoms with Crippen LogP contribution in [-0.4, -0.2) is 24.6 Å². The van der Waals surface area contributed by atoms with Crippen LogP contribution in [0.15, 0.2) is 53.5 Å². The molecular formula is C21H24ClN3O. The average Bonchev–Trinajstić information content (AvgIpc) is 2.67. The van der Waals surface area contributed by atoms with E-state index in [2.05, 4.69) is 34.9 Å². The van der Waals surface area contributed by atoms with Crippen molar-refractivity contribution in [3.05, 3.63) is 59.1 Å². The van der Waals surface area contributed by atoms with E-state index in [0.29, 0.717) is 12.6 Å². The van der Waals surface area contributed by atoms with E-state index in [1.807, 2.05) is 24.3 Å². The Morgan fingerprint density at radius 1 is 1.19 bits per heavy atom. The minimum Gasteiger partial charge on any atom is -0.381 e. The molecule has 2 aromatic rings. The molecule has 0 amide bonds. The third kappa shape index (κ3) is 3.44. The summed E-state index contributed by atoms with van der Waals surface area (Å²) in [4.78, 5) is 4.98. The lowest BCUT2D eigenvalue weighted by molar-refractivity contribution is 0.0620. The van der Waals surface area contributed by atoms with E-state index in [1.54, 1.807) is 7.11 Å². The zero-order valence-corrected chi connectivity index (χ0v) is 15.7. The van der Waals surface area contributed by atoms with Crippen LogP contribution in [0.4, 0.5) is 11.4 Å². The number of methoxy groups -OCH3 is 1. The van der Waals surface area contributed by atoms with E-state index in [0.717, 1.165) is 53.5 Å². The summed E-state index contributed by atoms with van der Waals surface area (Å²) in [6, 6.07) is 16.2. The first-order chi connectivity index (χ1) is 12.7. The Labute approximate surface area is 159 Å². The molecule has 4 nitrogen and oxygen atoms in total. The predicted octanol–water partition coefficient (Wildman–Crippen LogP) is 4.91. The number of halogens is 1. The highest BCUT2D eigenvalue weighted by Crippen LogP contribution is 2.40. The lowest BCUT2D eigenvalue weighted by atomic mass is 9.78. The number of fused-ring (bicyclic) bond motifs is 1. The fourth-order valence-corrected chi connectivity index (χ4v) is 4.16. The van der Waals surface area contributed by atoms with Gasteiger partial charge in [0.2, 0.25) is 0 Å². The second-order valence-electron chi connectivity index (χ2n) is 7.10. The van der Waals surface area contributed by atoms with Crippen LogP contribution >= 0.6 is 11.6 Å². The summed E-state index contributed by atoms with van der Waals surface area (Å²) in [5, 5.41) is 8.13. The third-order valence-electron chi connectivity index (χ3n) is 5.43. The fourth-order valence-electron chi connectivity index (χ4n) is 3.94. The SMILES string of the molecule is COC1CCC2(CC1)Nc1ccccc1N=C2NCc1cccc(Cl)c1. The van der Waals surface area contributed by atoms with Gasteiger partial charge in [-0.25, -0.2) is 4.99 Å². The summed E-state index contributed by atoms with van der Waals surface area (Å²) < 4.78 is 5.57. The summed E-state index contributed by atoms with van der Waals surface area (Å²) in [5.74, 6) is 1.02. The van der Waals surface area contributed by atoms with E-state index >= 15 is 0 Å². The highest BCUT2D eigenvalue weighted by atomic mass is 35.5. The van der Waals surface area contributed by atoms with Crippen molar-refractivity contribution in [2.75, 3.05) is 12.4 Å². The van der Waals surface area contributed by atoms with Crippen molar-refractivity contribution < 1.29 is 4.74 Å². The molecule has 0 unspecified atom stereocenters. The number of nitrogens with zero attached hydrogens (tertiary/aromatic N) is 1. The van der Waals surface area contributed by atoms with Crippen molar-refractivity contribution in [1.82, 2.24) is 5.32 Å². The van der Waals surface area contributed by atoms with Crippen LogP contribution in [0.3, 0.4) is 0 Å². The minimum atomic E-state index is -0.151. The van der Waals surface area contributed by atoms with Crippen molar-refractivity contribution >= 4 is 28.8 Å². The Kier molecular flexibility index (Phi) is 4.88. The van der Waals surface area contributed by atoms with Gasteiger partial charge in [0.05, 0.1) is 23.0 Å². The molecule has 1 saturated carbocycles. The molecule has 0 aromatic heterocycles. The number of aliphatic imine (C=N–C) groups is 1. The molecule has 136 valence electrons. The van der Waals surface area contributed by atoms with Crippen LogP contribution < -0.4 is 10.6 Å². The van der Waals surface area contributed by atoms with Crippen molar-refractivity contribution in [2.45, 2.75) is 43.9 Å². The van der Waals surface area contributed by atoms with Crippen molar-refractivity contribution in [2.24, 2.45) is 4.99 Å². The van der Waals surface area contributed by atoms with Gasteiger partial charge in [-0.3, -0.25) is 0 Å². The largest absolute Gasteiger partial charge is 0.381 e. The summed E-state index contributed by atoms with van der Waals surface area (Å²) in [6.45, 7) is 0.707. The molecule has 0 radical (unpaired) electrons. The van der Waals surface area contributed by atoms with Crippen molar-refractivity contribution in [3.63, 3.8) is 0 Å². The van der Waals surface area contributed by atoms with Crippen molar-refractivity contribution in [1.29, 1.82) is 0 Å². The summed E-state index contributed by atoms with van der Waals surface area (Å²) >= 11 is 6.12. The topological polar surface area (TPSA) is 45.6 Å². The maximum absolute atomic E-state index is 6.12. The number of ether oxygens (including phenoxy) is 1. The van der Waals surface area contributed by atoms with Gasteiger partial charge in [-0.05, 0) is 55.5 Å². The van der Waals surface area contributed by atoms with E-state index in [1.165, 1.54) is 0 Å². The first kappa shape index (κ1) is 17.4. The molecule has 0 atom stereocenters. The normalized spacial score (nSPS) is 24.5. The molecule has 26 heavy (non-hydrogen) atoms. The Balaban J connectivity index is 1.60. The number of benzene rings is 2. The number of rotatable bonds is 3. The van der Waals surface area contributed by atoms with Crippen LogP contribution in [0.1, 0.15) is 31.2 Å². The van der Waals surface area contributed by atoms with E-state index in [9.17, 15) is 0 Å². The molecule has 1 aliphatic heterocycles. The zero-order chi connectivity index (χ0) is 18.0. The first-order valence-electron chi connectivity index (χ1n) is 9.16. The number of hydrogen-bond donors (Lipinski definition) is 2. The molecule has 1 spiro atoms. The average molecular weight is 370 g/mol. The molecule has 1 aliphatic carbocycles. The summed E-state index contributed by atoms with van der Waals surface area (Å²) in [7, 11) is 1.80. The first-order valence-corrected chi connectivity index (χ1v) is 9.54. The summed E-state index contributed by atoms with van der Waals surface area (Å²) in [6.07, 6.45) is 4.41. The van der Waals surface area contributed by atoms with Gasteiger partial charge in [-0.1, -0.05) is 35.9 Å². The van der Waals surface area contributed by atoms with Crippen LogP contribution in [0.5, 0.6) is 0 Å². The molecule has 0 saturated heterocycles. The van der Waals surface area contributed by atoms with Crippen LogP contribution in [-0.2, 0) is 11.3 Å². The number of para-hydroxylation sites is 2. The minimum absolute atomic E-state index is 0.151. The van der Waals surface area contributed by atoms with E-state index in [4.69, 9.17) is 21.3 Å². The molecule has 1 fully saturated rings. The Morgan fingerprint density at radius 3 is 2.77 bits per heavy atom. The van der Waals surface area contributed by atoms with Gasteiger partial charge in [-0.15, -0.1) is 0 Å². The molecule has 1 heterocycles. The van der Waals surface area contributed by atoms with Gasteiger partial charge < -0.3 is 15.4 Å². The van der Waals surface area contributed by atoms with Crippen LogP contribution in [0, 0.1) is 0 Å². The van der Waals surface area contributed by atoms with Crippen molar-refractivity contribution in [3.8, 4) is 0 Å². The van der Waals surface area contributed by atoms with E-state index < -0.39 is 0 Å². The van der Waals surface area contributed by atoms with Gasteiger partial charge in [0.15, 0.2) is 0 Å². The van der Waals surface area contributed by atoms with Gasteiger partial charge in [0.1, 0.15) is 5.84 Å². The molecule has 5 heteroatoms. The van der Waals surface area contributed by atoms with Gasteiger partial charge >= 0.3 is 0 Å². The van der Waals surface area contributed by atoms with Gasteiger partial charge in [0, 0.05) is 18.7 Å². The predicted molar refractivity (Wildman–Crippen MR) is 107 cm³/mol.